The number of nitrogens with zero attached hydrogens (tertiary/aromatic N) is 1. The number of ether oxygens (including phenoxy) is 2. The number of hydrogen-bond donors (Lipinski definition) is 0. The summed E-state index contributed by atoms with van der Waals surface area (Å²) in [5.74, 6) is 1.59. The number of rotatable bonds is 3. The summed E-state index contributed by atoms with van der Waals surface area (Å²) < 4.78 is 16.9. The lowest BCUT2D eigenvalue weighted by molar-refractivity contribution is 0.0625. The van der Waals surface area contributed by atoms with Crippen LogP contribution in [-0.2, 0) is 0 Å². The number of likely N-dealkylation sites (tertiary alicyclic amines) is 1. The summed E-state index contributed by atoms with van der Waals surface area (Å²) in [4.78, 5) is 27.8. The van der Waals surface area contributed by atoms with Gasteiger partial charge in [0.25, 0.3) is 5.91 Å². The number of Topliss-reactive ketones (excluding diaryl/α,β-unsaturated/α-hetero) is 1. The number of aryl methyl sites for hydroxylation is 1. The Morgan fingerprint density at radius 1 is 0.967 bits per heavy atom. The van der Waals surface area contributed by atoms with Crippen LogP contribution in [0.4, 0.5) is 0 Å². The summed E-state index contributed by atoms with van der Waals surface area (Å²) >= 11 is 0. The van der Waals surface area contributed by atoms with Crippen molar-refractivity contribution in [2.24, 2.45) is 5.92 Å². The van der Waals surface area contributed by atoms with Gasteiger partial charge in [0.05, 0.1) is 0 Å². The molecule has 1 fully saturated rings. The van der Waals surface area contributed by atoms with Crippen LogP contribution in [0.2, 0.25) is 0 Å². The molecular weight excluding hydrogens is 382 g/mol. The van der Waals surface area contributed by atoms with Crippen molar-refractivity contribution in [2.75, 3.05) is 26.3 Å². The number of piperidine rings is 1. The van der Waals surface area contributed by atoms with Gasteiger partial charge in [0, 0.05) is 35.5 Å². The number of furan rings is 1. The molecule has 1 saturated heterocycles. The van der Waals surface area contributed by atoms with E-state index >= 15 is 0 Å². The van der Waals surface area contributed by atoms with Crippen LogP contribution < -0.4 is 9.47 Å². The second-order valence-electron chi connectivity index (χ2n) is 7.84. The van der Waals surface area contributed by atoms with Crippen LogP contribution in [0.1, 0.15) is 39.3 Å². The van der Waals surface area contributed by atoms with Crippen molar-refractivity contribution in [3.8, 4) is 11.5 Å². The molecule has 0 aliphatic carbocycles. The molecule has 2 aromatic carbocycles. The highest BCUT2D eigenvalue weighted by molar-refractivity contribution is 6.00. The average molecular weight is 405 g/mol. The second-order valence-corrected chi connectivity index (χ2v) is 7.84. The van der Waals surface area contributed by atoms with E-state index in [0.717, 1.165) is 16.5 Å². The predicted octanol–water partition coefficient (Wildman–Crippen LogP) is 4.25. The van der Waals surface area contributed by atoms with Crippen molar-refractivity contribution in [1.82, 2.24) is 4.90 Å². The van der Waals surface area contributed by atoms with Gasteiger partial charge < -0.3 is 18.8 Å². The third kappa shape index (κ3) is 3.22. The fraction of sp³-hybridized carbons (Fsp3) is 0.333. The maximum absolute atomic E-state index is 13.0. The lowest BCUT2D eigenvalue weighted by atomic mass is 9.88. The van der Waals surface area contributed by atoms with Gasteiger partial charge in [-0.2, -0.15) is 0 Å². The fourth-order valence-corrected chi connectivity index (χ4v) is 4.30. The lowest BCUT2D eigenvalue weighted by Crippen LogP contribution is -2.40. The minimum Gasteiger partial charge on any atom is -0.486 e. The Bertz CT molecular complexity index is 1120. The molecule has 0 saturated carbocycles. The molecule has 0 atom stereocenters. The van der Waals surface area contributed by atoms with E-state index in [1.165, 1.54) is 0 Å². The third-order valence-electron chi connectivity index (χ3n) is 6.02. The van der Waals surface area contributed by atoms with Crippen LogP contribution in [0.25, 0.3) is 11.0 Å². The Labute approximate surface area is 174 Å². The number of fused-ring (bicyclic) bond motifs is 2. The van der Waals surface area contributed by atoms with Crippen LogP contribution in [0.5, 0.6) is 11.5 Å². The molecular formula is C24H23NO5. The minimum absolute atomic E-state index is 0.0963. The molecule has 0 bridgehead atoms. The first-order valence-electron chi connectivity index (χ1n) is 10.3. The number of hydrogen-bond acceptors (Lipinski definition) is 5. The summed E-state index contributed by atoms with van der Waals surface area (Å²) in [5, 5.41) is 0.963. The van der Waals surface area contributed by atoms with Gasteiger partial charge in [0.2, 0.25) is 0 Å². The van der Waals surface area contributed by atoms with E-state index < -0.39 is 0 Å². The molecule has 1 amide bonds. The standard InChI is InChI=1S/C24H23NO5/c1-15-18-4-2-3-5-19(18)30-23(15)24(27)25-10-8-16(9-11-25)22(26)17-6-7-20-21(14-17)29-13-12-28-20/h2-7,14,16H,8-13H2,1H3. The van der Waals surface area contributed by atoms with E-state index in [9.17, 15) is 9.59 Å². The van der Waals surface area contributed by atoms with Crippen molar-refractivity contribution in [1.29, 1.82) is 0 Å². The molecule has 0 spiro atoms. The maximum atomic E-state index is 13.0. The summed E-state index contributed by atoms with van der Waals surface area (Å²) in [6, 6.07) is 13.0. The maximum Gasteiger partial charge on any atom is 0.289 e. The van der Waals surface area contributed by atoms with Gasteiger partial charge in [0.15, 0.2) is 23.0 Å². The molecule has 30 heavy (non-hydrogen) atoms. The van der Waals surface area contributed by atoms with Gasteiger partial charge in [-0.15, -0.1) is 0 Å². The highest BCUT2D eigenvalue weighted by Crippen LogP contribution is 2.33. The van der Waals surface area contributed by atoms with Crippen LogP contribution in [0.15, 0.2) is 46.9 Å². The van der Waals surface area contributed by atoms with E-state index in [2.05, 4.69) is 0 Å². The van der Waals surface area contributed by atoms with Crippen LogP contribution in [0, 0.1) is 12.8 Å². The SMILES string of the molecule is Cc1c(C(=O)N2CCC(C(=O)c3ccc4c(c3)OCCO4)CC2)oc2ccccc12. The zero-order chi connectivity index (χ0) is 20.7. The monoisotopic (exact) mass is 405 g/mol. The van der Waals surface area contributed by atoms with Crippen molar-refractivity contribution < 1.29 is 23.5 Å². The van der Waals surface area contributed by atoms with Crippen LogP contribution in [0.3, 0.4) is 0 Å². The van der Waals surface area contributed by atoms with Gasteiger partial charge in [0.1, 0.15) is 18.8 Å². The second kappa shape index (κ2) is 7.52. The molecule has 3 heterocycles. The smallest absolute Gasteiger partial charge is 0.289 e. The third-order valence-corrected chi connectivity index (χ3v) is 6.02. The molecule has 6 nitrogen and oxygen atoms in total. The Hall–Kier alpha value is -3.28. The molecule has 0 N–H and O–H groups in total. The van der Waals surface area contributed by atoms with Gasteiger partial charge in [-0.3, -0.25) is 9.59 Å². The fourth-order valence-electron chi connectivity index (χ4n) is 4.30. The van der Waals surface area contributed by atoms with Gasteiger partial charge >= 0.3 is 0 Å². The van der Waals surface area contributed by atoms with Gasteiger partial charge in [-0.1, -0.05) is 18.2 Å². The molecule has 2 aliphatic heterocycles. The molecule has 1 aromatic heterocycles. The summed E-state index contributed by atoms with van der Waals surface area (Å²) in [5.41, 5.74) is 2.23. The molecule has 3 aromatic rings. The number of carbonyl (C=O) groups excluding carboxylic acids is 2. The predicted molar refractivity (Wildman–Crippen MR) is 111 cm³/mol. The average Bonchev–Trinajstić information content (AvgIpc) is 3.14. The summed E-state index contributed by atoms with van der Waals surface area (Å²) in [7, 11) is 0. The zero-order valence-electron chi connectivity index (χ0n) is 16.8. The van der Waals surface area contributed by atoms with Crippen LogP contribution in [-0.4, -0.2) is 42.9 Å². The van der Waals surface area contributed by atoms with Crippen molar-refractivity contribution in [2.45, 2.75) is 19.8 Å². The number of para-hydroxylation sites is 1. The topological polar surface area (TPSA) is 69.0 Å². The highest BCUT2D eigenvalue weighted by atomic mass is 16.6. The van der Waals surface area contributed by atoms with Crippen molar-refractivity contribution >= 4 is 22.7 Å². The Morgan fingerprint density at radius 2 is 1.70 bits per heavy atom. The van der Waals surface area contributed by atoms with E-state index in [4.69, 9.17) is 13.9 Å². The van der Waals surface area contributed by atoms with Gasteiger partial charge in [-0.05, 0) is 44.0 Å². The van der Waals surface area contributed by atoms with E-state index in [-0.39, 0.29) is 17.6 Å². The number of amides is 1. The molecule has 0 radical (unpaired) electrons. The Kier molecular flexibility index (Phi) is 4.69. The summed E-state index contributed by atoms with van der Waals surface area (Å²) in [6.07, 6.45) is 1.27. The first-order valence-corrected chi connectivity index (χ1v) is 10.3. The largest absolute Gasteiger partial charge is 0.486 e. The molecule has 154 valence electrons. The van der Waals surface area contributed by atoms with E-state index in [1.807, 2.05) is 31.2 Å². The first-order chi connectivity index (χ1) is 14.6. The molecule has 6 heteroatoms. The molecule has 0 unspecified atom stereocenters. The van der Waals surface area contributed by atoms with Gasteiger partial charge in [-0.25, -0.2) is 0 Å². The first kappa shape index (κ1) is 18.7. The van der Waals surface area contributed by atoms with Crippen molar-refractivity contribution in [3.05, 3.63) is 59.4 Å². The number of ketones is 1. The zero-order valence-corrected chi connectivity index (χ0v) is 16.8. The molecule has 2 aliphatic rings. The highest BCUT2D eigenvalue weighted by Gasteiger charge is 2.31. The number of carbonyl (C=O) groups is 2. The minimum atomic E-state index is -0.103. The molecule has 5 rings (SSSR count). The number of benzene rings is 2. The Balaban J connectivity index is 1.27. The summed E-state index contributed by atoms with van der Waals surface area (Å²) in [6.45, 7) is 4.01. The van der Waals surface area contributed by atoms with E-state index in [0.29, 0.717) is 62.0 Å². The quantitative estimate of drug-likeness (QED) is 0.610. The normalized spacial score (nSPS) is 16.6. The Morgan fingerprint density at radius 3 is 2.47 bits per heavy atom. The van der Waals surface area contributed by atoms with E-state index in [1.54, 1.807) is 23.1 Å². The van der Waals surface area contributed by atoms with Crippen molar-refractivity contribution in [3.63, 3.8) is 0 Å². The lowest BCUT2D eigenvalue weighted by Gasteiger charge is -2.31. The van der Waals surface area contributed by atoms with Crippen LogP contribution >= 0.6 is 0 Å².